The van der Waals surface area contributed by atoms with E-state index in [-0.39, 0.29) is 30.0 Å². The summed E-state index contributed by atoms with van der Waals surface area (Å²) >= 11 is 0. The summed E-state index contributed by atoms with van der Waals surface area (Å²) < 4.78 is 17.1. The number of nitrogens with two attached hydrogens (primary N) is 1. The Kier molecular flexibility index (Phi) is 7.87. The molecule has 2 heterocycles. The number of hydrogen-bond donors (Lipinski definition) is 1. The Balaban J connectivity index is 1.99. The summed E-state index contributed by atoms with van der Waals surface area (Å²) in [6.07, 6.45) is 2.20. The van der Waals surface area contributed by atoms with Gasteiger partial charge in [0, 0.05) is 31.5 Å². The van der Waals surface area contributed by atoms with Gasteiger partial charge in [-0.1, -0.05) is 27.7 Å². The number of methoxy groups -OCH3 is 2. The van der Waals surface area contributed by atoms with Gasteiger partial charge in [0.2, 0.25) is 0 Å². The van der Waals surface area contributed by atoms with E-state index in [1.807, 2.05) is 13.8 Å². The molecule has 0 aromatic heterocycles. The highest BCUT2D eigenvalue weighted by Crippen LogP contribution is 2.42. The first kappa shape index (κ1) is 25.0. The molecule has 0 spiro atoms. The maximum absolute atomic E-state index is 12.8. The Bertz CT molecular complexity index is 846. The smallest absolute Gasteiger partial charge is 0.323 e. The molecule has 3 rings (SSSR count). The second-order valence-electron chi connectivity index (χ2n) is 9.92. The van der Waals surface area contributed by atoms with Gasteiger partial charge >= 0.3 is 5.97 Å². The van der Waals surface area contributed by atoms with Crippen LogP contribution in [0.5, 0.6) is 11.5 Å². The number of esters is 1. The van der Waals surface area contributed by atoms with Gasteiger partial charge in [-0.2, -0.15) is 0 Å². The number of benzene rings is 1. The highest BCUT2D eigenvalue weighted by atomic mass is 16.5. The zero-order chi connectivity index (χ0) is 23.7. The molecule has 1 saturated heterocycles. The Morgan fingerprint density at radius 1 is 1.12 bits per heavy atom. The van der Waals surface area contributed by atoms with E-state index in [0.29, 0.717) is 34.8 Å². The number of ether oxygens (including phenoxy) is 3. The van der Waals surface area contributed by atoms with Crippen LogP contribution in [-0.4, -0.2) is 66.0 Å². The molecule has 0 amide bonds. The summed E-state index contributed by atoms with van der Waals surface area (Å²) in [5.74, 6) is 1.38. The van der Waals surface area contributed by atoms with Gasteiger partial charge in [0.15, 0.2) is 11.5 Å². The van der Waals surface area contributed by atoms with Crippen LogP contribution in [0.15, 0.2) is 0 Å². The van der Waals surface area contributed by atoms with Crippen LogP contribution in [0, 0.1) is 17.8 Å². The third-order valence-corrected chi connectivity index (χ3v) is 6.95. The molecule has 3 unspecified atom stereocenters. The molecule has 4 radical (unpaired) electrons. The van der Waals surface area contributed by atoms with Gasteiger partial charge in [-0.15, -0.1) is 0 Å². The first-order valence-corrected chi connectivity index (χ1v) is 11.6. The first-order valence-electron chi connectivity index (χ1n) is 11.6. The predicted octanol–water partition coefficient (Wildman–Crippen LogP) is 1.15. The van der Waals surface area contributed by atoms with Crippen LogP contribution in [0.3, 0.4) is 0 Å². The average molecular weight is 438 g/mol. The lowest BCUT2D eigenvalue weighted by Gasteiger charge is -2.48. The molecule has 6 nitrogen and oxygen atoms in total. The van der Waals surface area contributed by atoms with Crippen molar-refractivity contribution in [2.75, 3.05) is 27.3 Å². The van der Waals surface area contributed by atoms with Crippen LogP contribution in [0.4, 0.5) is 0 Å². The monoisotopic (exact) mass is 438 g/mol. The van der Waals surface area contributed by atoms with Crippen molar-refractivity contribution in [3.63, 3.8) is 0 Å². The molecule has 172 valence electrons. The molecule has 1 fully saturated rings. The summed E-state index contributed by atoms with van der Waals surface area (Å²) in [6, 6.07) is -0.631. The van der Waals surface area contributed by atoms with Gasteiger partial charge < -0.3 is 19.9 Å². The highest BCUT2D eigenvalue weighted by Gasteiger charge is 2.43. The van der Waals surface area contributed by atoms with Crippen molar-refractivity contribution in [2.24, 2.45) is 23.5 Å². The number of nitrogens with zero attached hydrogens (tertiary/aromatic N) is 1. The molecule has 2 aliphatic rings. The highest BCUT2D eigenvalue weighted by molar-refractivity contribution is 6.41. The molecule has 0 bridgehead atoms. The van der Waals surface area contributed by atoms with E-state index in [2.05, 4.69) is 18.7 Å². The summed E-state index contributed by atoms with van der Waals surface area (Å²) in [6.45, 7) is 9.97. The molecule has 0 aliphatic carbocycles. The predicted molar refractivity (Wildman–Crippen MR) is 129 cm³/mol. The van der Waals surface area contributed by atoms with Crippen LogP contribution >= 0.6 is 0 Å². The minimum absolute atomic E-state index is 0.00246. The number of carbonyl (C=O) groups is 1. The van der Waals surface area contributed by atoms with E-state index in [0.717, 1.165) is 37.1 Å². The second kappa shape index (κ2) is 10.1. The largest absolute Gasteiger partial charge is 0.494 e. The number of piperidine rings is 1. The van der Waals surface area contributed by atoms with E-state index in [1.165, 1.54) is 0 Å². The van der Waals surface area contributed by atoms with E-state index < -0.39 is 6.04 Å². The number of carbonyl (C=O) groups excluding carboxylic acids is 1. The fraction of sp³-hybridized carbons (Fsp3) is 0.708. The maximum Gasteiger partial charge on any atom is 0.323 e. The number of rotatable bonds is 7. The van der Waals surface area contributed by atoms with Crippen molar-refractivity contribution in [1.82, 2.24) is 4.90 Å². The topological polar surface area (TPSA) is 74.0 Å². The molecule has 32 heavy (non-hydrogen) atoms. The quantitative estimate of drug-likeness (QED) is 0.509. The fourth-order valence-corrected chi connectivity index (χ4v) is 5.25. The Labute approximate surface area is 195 Å². The van der Waals surface area contributed by atoms with Crippen LogP contribution < -0.4 is 26.1 Å². The minimum atomic E-state index is -0.628. The lowest BCUT2D eigenvalue weighted by atomic mass is 9.70. The number of fused-ring (bicyclic) bond motifs is 3. The van der Waals surface area contributed by atoms with E-state index >= 15 is 0 Å². The van der Waals surface area contributed by atoms with Crippen LogP contribution in [0.2, 0.25) is 0 Å². The van der Waals surface area contributed by atoms with Crippen molar-refractivity contribution in [3.8, 4) is 11.5 Å². The standard InChI is InChI=1S/C24H36B2N2O4/c1-12(2)9-14-11-28-8-7-15-18(20(26)23(31-6)22(30-5)19(15)25)16(28)10-17(14)32-24(29)21(27)13(3)4/h12-14,16-17,21H,7-11,27H2,1-6H3/t14?,16?,17?,21-/m0/s1. The van der Waals surface area contributed by atoms with Crippen LogP contribution in [-0.2, 0) is 16.0 Å². The van der Waals surface area contributed by atoms with Gasteiger partial charge in [-0.25, -0.2) is 0 Å². The minimum Gasteiger partial charge on any atom is -0.494 e. The Hall–Kier alpha value is -1.66. The number of hydrogen-bond acceptors (Lipinski definition) is 6. The third kappa shape index (κ3) is 4.67. The molecule has 1 aromatic carbocycles. The van der Waals surface area contributed by atoms with Crippen molar-refractivity contribution in [2.45, 2.75) is 65.1 Å². The van der Waals surface area contributed by atoms with E-state index in [4.69, 9.17) is 35.6 Å². The SMILES string of the molecule is [B]c1c2c(c([B])c(OC)c1OC)C1CC(OC(=O)[C@@H](N)C(C)C)C(CC(C)C)CN1CC2. The zero-order valence-electron chi connectivity index (χ0n) is 20.3. The molecule has 2 N–H and O–H groups in total. The van der Waals surface area contributed by atoms with Crippen molar-refractivity contribution < 1.29 is 19.0 Å². The van der Waals surface area contributed by atoms with Gasteiger partial charge in [0.05, 0.1) is 14.2 Å². The van der Waals surface area contributed by atoms with Gasteiger partial charge in [0.25, 0.3) is 0 Å². The van der Waals surface area contributed by atoms with E-state index in [1.54, 1.807) is 14.2 Å². The molecule has 0 saturated carbocycles. The Morgan fingerprint density at radius 3 is 2.31 bits per heavy atom. The summed E-state index contributed by atoms with van der Waals surface area (Å²) in [4.78, 5) is 15.2. The molecule has 1 aromatic rings. The van der Waals surface area contributed by atoms with Crippen molar-refractivity contribution in [3.05, 3.63) is 11.1 Å². The normalized spacial score (nSPS) is 24.1. The van der Waals surface area contributed by atoms with Crippen molar-refractivity contribution >= 4 is 32.6 Å². The van der Waals surface area contributed by atoms with Gasteiger partial charge in [-0.3, -0.25) is 9.69 Å². The van der Waals surface area contributed by atoms with Crippen LogP contribution in [0.25, 0.3) is 0 Å². The summed E-state index contributed by atoms with van der Waals surface area (Å²) in [7, 11) is 16.2. The van der Waals surface area contributed by atoms with Gasteiger partial charge in [0.1, 0.15) is 27.8 Å². The molecular formula is C24H36B2N2O4. The second-order valence-corrected chi connectivity index (χ2v) is 9.92. The lowest BCUT2D eigenvalue weighted by molar-refractivity contribution is -0.160. The Morgan fingerprint density at radius 2 is 1.75 bits per heavy atom. The van der Waals surface area contributed by atoms with E-state index in [9.17, 15) is 4.79 Å². The molecular weight excluding hydrogens is 402 g/mol. The molecule has 4 atom stereocenters. The summed E-state index contributed by atoms with van der Waals surface area (Å²) in [5, 5.41) is 0. The van der Waals surface area contributed by atoms with Crippen LogP contribution in [0.1, 0.15) is 57.7 Å². The third-order valence-electron chi connectivity index (χ3n) is 6.95. The first-order chi connectivity index (χ1) is 15.1. The lowest BCUT2D eigenvalue weighted by Crippen LogP contribution is -2.52. The van der Waals surface area contributed by atoms with Crippen molar-refractivity contribution in [1.29, 1.82) is 0 Å². The van der Waals surface area contributed by atoms with Gasteiger partial charge in [-0.05, 0) is 46.7 Å². The zero-order valence-corrected chi connectivity index (χ0v) is 20.3. The maximum atomic E-state index is 12.8. The molecule has 8 heteroatoms. The molecule has 2 aliphatic heterocycles. The average Bonchev–Trinajstić information content (AvgIpc) is 2.74. The summed E-state index contributed by atoms with van der Waals surface area (Å²) in [5.41, 5.74) is 9.20. The fourth-order valence-electron chi connectivity index (χ4n) is 5.25.